The standard InChI is InChI=1S/C20H30N2O2S/c23-19(21-15-9-5-1-2-6-10-15)17-13-14-18(25-17)20(24)22-16-11-7-3-4-8-12-16/h13-16H,1-12H2,(H,21,23)(H,22,24). The Labute approximate surface area is 154 Å². The molecule has 0 aliphatic heterocycles. The molecule has 1 aromatic rings. The van der Waals surface area contributed by atoms with Crippen LogP contribution >= 0.6 is 11.3 Å². The average Bonchev–Trinajstić information content (AvgIpc) is 2.78. The molecule has 0 atom stereocenters. The Morgan fingerprint density at radius 1 is 0.680 bits per heavy atom. The molecule has 4 nitrogen and oxygen atoms in total. The summed E-state index contributed by atoms with van der Waals surface area (Å²) in [6.07, 6.45) is 14.2. The van der Waals surface area contributed by atoms with Gasteiger partial charge in [-0.3, -0.25) is 9.59 Å². The van der Waals surface area contributed by atoms with Gasteiger partial charge in [0.15, 0.2) is 0 Å². The van der Waals surface area contributed by atoms with Gasteiger partial charge in [-0.05, 0) is 37.8 Å². The van der Waals surface area contributed by atoms with Gasteiger partial charge in [0, 0.05) is 12.1 Å². The van der Waals surface area contributed by atoms with Crippen molar-refractivity contribution in [2.75, 3.05) is 0 Å². The molecule has 2 aliphatic carbocycles. The highest BCUT2D eigenvalue weighted by Crippen LogP contribution is 2.22. The largest absolute Gasteiger partial charge is 0.349 e. The van der Waals surface area contributed by atoms with Crippen molar-refractivity contribution in [2.24, 2.45) is 0 Å². The van der Waals surface area contributed by atoms with Crippen LogP contribution in [0.5, 0.6) is 0 Å². The van der Waals surface area contributed by atoms with E-state index in [1.54, 1.807) is 12.1 Å². The summed E-state index contributed by atoms with van der Waals surface area (Å²) in [6.45, 7) is 0. The van der Waals surface area contributed by atoms with E-state index in [0.717, 1.165) is 25.7 Å². The van der Waals surface area contributed by atoms with Crippen LogP contribution in [0.4, 0.5) is 0 Å². The lowest BCUT2D eigenvalue weighted by Crippen LogP contribution is -2.34. The fourth-order valence-corrected chi connectivity index (χ4v) is 4.75. The van der Waals surface area contributed by atoms with Crippen LogP contribution in [0.15, 0.2) is 12.1 Å². The molecule has 2 fully saturated rings. The zero-order chi connectivity index (χ0) is 17.5. The Bertz CT molecular complexity index is 520. The Hall–Kier alpha value is -1.36. The Morgan fingerprint density at radius 3 is 1.40 bits per heavy atom. The van der Waals surface area contributed by atoms with Gasteiger partial charge >= 0.3 is 0 Å². The van der Waals surface area contributed by atoms with Crippen LogP contribution in [-0.2, 0) is 0 Å². The number of nitrogens with one attached hydrogen (secondary N) is 2. The van der Waals surface area contributed by atoms with Gasteiger partial charge in [0.05, 0.1) is 9.75 Å². The van der Waals surface area contributed by atoms with Crippen LogP contribution < -0.4 is 10.6 Å². The highest BCUT2D eigenvalue weighted by Gasteiger charge is 2.20. The third-order valence-electron chi connectivity index (χ3n) is 5.43. The minimum Gasteiger partial charge on any atom is -0.349 e. The van der Waals surface area contributed by atoms with E-state index >= 15 is 0 Å². The van der Waals surface area contributed by atoms with Gasteiger partial charge in [-0.2, -0.15) is 0 Å². The second kappa shape index (κ2) is 9.37. The lowest BCUT2D eigenvalue weighted by atomic mass is 10.1. The maximum absolute atomic E-state index is 12.5. The van der Waals surface area contributed by atoms with Gasteiger partial charge in [0.25, 0.3) is 11.8 Å². The molecule has 0 saturated heterocycles. The van der Waals surface area contributed by atoms with Crippen molar-refractivity contribution < 1.29 is 9.59 Å². The molecule has 0 unspecified atom stereocenters. The van der Waals surface area contributed by atoms with Crippen molar-refractivity contribution in [1.82, 2.24) is 10.6 Å². The molecule has 0 spiro atoms. The van der Waals surface area contributed by atoms with E-state index in [1.165, 1.54) is 62.7 Å². The van der Waals surface area contributed by atoms with Gasteiger partial charge in [0.1, 0.15) is 0 Å². The monoisotopic (exact) mass is 362 g/mol. The maximum atomic E-state index is 12.5. The first-order valence-electron chi connectivity index (χ1n) is 9.94. The summed E-state index contributed by atoms with van der Waals surface area (Å²) in [5, 5.41) is 6.31. The molecule has 1 heterocycles. The molecule has 138 valence electrons. The van der Waals surface area contributed by atoms with E-state index in [0.29, 0.717) is 21.8 Å². The van der Waals surface area contributed by atoms with Crippen molar-refractivity contribution in [2.45, 2.75) is 89.1 Å². The number of hydrogen-bond acceptors (Lipinski definition) is 3. The molecule has 2 aliphatic rings. The summed E-state index contributed by atoms with van der Waals surface area (Å²) >= 11 is 1.31. The van der Waals surface area contributed by atoms with Crippen molar-refractivity contribution in [3.8, 4) is 0 Å². The summed E-state index contributed by atoms with van der Waals surface area (Å²) in [4.78, 5) is 26.2. The summed E-state index contributed by atoms with van der Waals surface area (Å²) in [6, 6.07) is 4.16. The average molecular weight is 363 g/mol. The first kappa shape index (κ1) is 18.4. The molecule has 0 bridgehead atoms. The smallest absolute Gasteiger partial charge is 0.261 e. The Balaban J connectivity index is 1.53. The molecule has 1 aromatic heterocycles. The third-order valence-corrected chi connectivity index (χ3v) is 6.52. The Morgan fingerprint density at radius 2 is 1.04 bits per heavy atom. The summed E-state index contributed by atoms with van der Waals surface area (Å²) < 4.78 is 0. The molecule has 2 amide bonds. The van der Waals surface area contributed by atoms with E-state index < -0.39 is 0 Å². The van der Waals surface area contributed by atoms with E-state index in [-0.39, 0.29) is 11.8 Å². The molecule has 0 radical (unpaired) electrons. The van der Waals surface area contributed by atoms with Crippen LogP contribution in [-0.4, -0.2) is 23.9 Å². The predicted molar refractivity (Wildman–Crippen MR) is 102 cm³/mol. The fraction of sp³-hybridized carbons (Fsp3) is 0.700. The molecule has 0 aromatic carbocycles. The summed E-state index contributed by atoms with van der Waals surface area (Å²) in [5.74, 6) is -0.0455. The molecule has 3 rings (SSSR count). The minimum atomic E-state index is -0.0228. The van der Waals surface area contributed by atoms with Gasteiger partial charge in [-0.25, -0.2) is 0 Å². The number of carbonyl (C=O) groups excluding carboxylic acids is 2. The van der Waals surface area contributed by atoms with Gasteiger partial charge < -0.3 is 10.6 Å². The van der Waals surface area contributed by atoms with Gasteiger partial charge in [0.2, 0.25) is 0 Å². The van der Waals surface area contributed by atoms with Crippen LogP contribution in [0, 0.1) is 0 Å². The van der Waals surface area contributed by atoms with E-state index in [2.05, 4.69) is 10.6 Å². The SMILES string of the molecule is O=C(NC1CCCCCC1)c1ccc(C(=O)NC2CCCCCC2)s1. The maximum Gasteiger partial charge on any atom is 0.261 e. The minimum absolute atomic E-state index is 0.0228. The first-order valence-corrected chi connectivity index (χ1v) is 10.8. The number of carbonyl (C=O) groups is 2. The lowest BCUT2D eigenvalue weighted by Gasteiger charge is -2.16. The quantitative estimate of drug-likeness (QED) is 0.766. The summed E-state index contributed by atoms with van der Waals surface area (Å²) in [5.41, 5.74) is 0. The molecular weight excluding hydrogens is 332 g/mol. The molecule has 2 N–H and O–H groups in total. The highest BCUT2D eigenvalue weighted by atomic mass is 32.1. The number of amides is 2. The number of thiophene rings is 1. The first-order chi connectivity index (χ1) is 12.2. The normalized spacial score (nSPS) is 20.5. The number of rotatable bonds is 4. The summed E-state index contributed by atoms with van der Waals surface area (Å²) in [7, 11) is 0. The van der Waals surface area contributed by atoms with Crippen LogP contribution in [0.1, 0.15) is 96.4 Å². The molecule has 5 heteroatoms. The predicted octanol–water partition coefficient (Wildman–Crippen LogP) is 4.65. The zero-order valence-electron chi connectivity index (χ0n) is 15.0. The highest BCUT2D eigenvalue weighted by molar-refractivity contribution is 7.15. The number of hydrogen-bond donors (Lipinski definition) is 2. The van der Waals surface area contributed by atoms with E-state index in [4.69, 9.17) is 0 Å². The third kappa shape index (κ3) is 5.56. The lowest BCUT2D eigenvalue weighted by molar-refractivity contribution is 0.0930. The fourth-order valence-electron chi connectivity index (χ4n) is 3.94. The van der Waals surface area contributed by atoms with E-state index in [9.17, 15) is 9.59 Å². The molecule has 25 heavy (non-hydrogen) atoms. The van der Waals surface area contributed by atoms with E-state index in [1.807, 2.05) is 0 Å². The second-order valence-electron chi connectivity index (χ2n) is 7.49. The van der Waals surface area contributed by atoms with Crippen LogP contribution in [0.2, 0.25) is 0 Å². The van der Waals surface area contributed by atoms with Crippen LogP contribution in [0.25, 0.3) is 0 Å². The van der Waals surface area contributed by atoms with Crippen molar-refractivity contribution in [3.63, 3.8) is 0 Å². The van der Waals surface area contributed by atoms with Crippen molar-refractivity contribution >= 4 is 23.2 Å². The van der Waals surface area contributed by atoms with Crippen LogP contribution in [0.3, 0.4) is 0 Å². The molecular formula is C20H30N2O2S. The Kier molecular flexibility index (Phi) is 6.91. The van der Waals surface area contributed by atoms with Crippen molar-refractivity contribution in [1.29, 1.82) is 0 Å². The molecule has 2 saturated carbocycles. The van der Waals surface area contributed by atoms with Gasteiger partial charge in [-0.15, -0.1) is 11.3 Å². The van der Waals surface area contributed by atoms with Crippen molar-refractivity contribution in [3.05, 3.63) is 21.9 Å². The zero-order valence-corrected chi connectivity index (χ0v) is 15.8. The second-order valence-corrected chi connectivity index (χ2v) is 8.57. The topological polar surface area (TPSA) is 58.2 Å². The van der Waals surface area contributed by atoms with Gasteiger partial charge in [-0.1, -0.05) is 51.4 Å².